The lowest BCUT2D eigenvalue weighted by atomic mass is 9.93. The number of hydrogen-bond acceptors (Lipinski definition) is 10. The molecule has 10 N–H and O–H groups in total. The molecule has 0 saturated carbocycles. The Labute approximate surface area is 381 Å². The quantitative estimate of drug-likeness (QED) is 0.0679. The van der Waals surface area contributed by atoms with Crippen LogP contribution in [0.2, 0.25) is 0 Å². The maximum atomic E-state index is 14.7. The van der Waals surface area contributed by atoms with Crippen molar-refractivity contribution in [2.45, 2.75) is 76.5 Å². The number of nitrogens with zero attached hydrogens (tertiary/aromatic N) is 1. The van der Waals surface area contributed by atoms with Crippen LogP contribution in [0.15, 0.2) is 84.9 Å². The standard InChI is InChI=1S/C50H62N8O7/c1-5-7-9-33-11-14-35(15-12-33)36-16-18-37(19-17-36)47(60)56-41(10-8-23-51)50(63)58(4)45-38-20-22-44(65-28-25-53)40(31-38)39-29-34(13-21-43(39)64-27-24-52)30-42(48(61)54-26-6-2)57-46(59)32(3)55-49(45)62/h2,11-22,29,31-32,41-42,45H,5,7-10,23-28,30,51-53H2,1,3-4H3,(H,54,61)(H,55,62)(H,56,60)(H,57,59)/t32-,41-,42-,45-/m0/s1. The molecule has 65 heavy (non-hydrogen) atoms. The summed E-state index contributed by atoms with van der Waals surface area (Å²) in [5.74, 6) is 0.257. The van der Waals surface area contributed by atoms with E-state index >= 15 is 0 Å². The van der Waals surface area contributed by atoms with Crippen LogP contribution >= 0.6 is 0 Å². The minimum absolute atomic E-state index is 0.0541. The average Bonchev–Trinajstić information content (AvgIpc) is 3.32. The number of ether oxygens (including phenoxy) is 2. The molecule has 1 aliphatic heterocycles. The van der Waals surface area contributed by atoms with Crippen LogP contribution in [0.25, 0.3) is 22.3 Å². The highest BCUT2D eigenvalue weighted by Crippen LogP contribution is 2.40. The Bertz CT molecular complexity index is 2310. The highest BCUT2D eigenvalue weighted by Gasteiger charge is 2.36. The van der Waals surface area contributed by atoms with Crippen LogP contribution in [-0.2, 0) is 32.0 Å². The van der Waals surface area contributed by atoms with E-state index in [1.807, 2.05) is 18.2 Å². The Balaban J connectivity index is 1.54. The van der Waals surface area contributed by atoms with Crippen LogP contribution in [0.1, 0.15) is 72.6 Å². The molecule has 0 aromatic heterocycles. The van der Waals surface area contributed by atoms with Crippen LogP contribution in [0.4, 0.5) is 0 Å². The second-order valence-electron chi connectivity index (χ2n) is 16.0. The minimum Gasteiger partial charge on any atom is -0.492 e. The SMILES string of the molecule is C#CCNC(=O)[C@@H]1Cc2ccc(OCCN)c(c2)-c2cc(ccc2OCCN)[C@H](N(C)C(=O)[C@H](CCCN)NC(=O)c2ccc(-c3ccc(CCCC)cc3)cc2)C(=O)N[C@@H](C)C(=O)N1. The lowest BCUT2D eigenvalue weighted by molar-refractivity contribution is -0.141. The topological polar surface area (TPSA) is 233 Å². The molecule has 0 spiro atoms. The van der Waals surface area contributed by atoms with Gasteiger partial charge < -0.3 is 52.8 Å². The molecule has 4 atom stereocenters. The van der Waals surface area contributed by atoms with Gasteiger partial charge in [-0.05, 0) is 103 Å². The summed E-state index contributed by atoms with van der Waals surface area (Å²) in [5.41, 5.74) is 23.2. The van der Waals surface area contributed by atoms with Gasteiger partial charge in [0.1, 0.15) is 48.9 Å². The maximum Gasteiger partial charge on any atom is 0.251 e. The van der Waals surface area contributed by atoms with E-state index in [9.17, 15) is 24.0 Å². The molecule has 0 unspecified atom stereocenters. The molecular weight excluding hydrogens is 825 g/mol. The Kier molecular flexibility index (Phi) is 18.5. The van der Waals surface area contributed by atoms with Gasteiger partial charge in [-0.25, -0.2) is 0 Å². The van der Waals surface area contributed by atoms with Crippen LogP contribution in [0, 0.1) is 12.3 Å². The molecule has 1 aliphatic rings. The third-order valence-corrected chi connectivity index (χ3v) is 11.1. The maximum absolute atomic E-state index is 14.7. The van der Waals surface area contributed by atoms with Gasteiger partial charge in [0, 0.05) is 43.2 Å². The number of aryl methyl sites for hydroxylation is 1. The van der Waals surface area contributed by atoms with E-state index in [2.05, 4.69) is 58.4 Å². The number of likely N-dealkylation sites (N-methyl/N-ethyl adjacent to an activating group) is 1. The molecule has 4 aromatic rings. The molecular formula is C50H62N8O7. The van der Waals surface area contributed by atoms with Gasteiger partial charge in [0.15, 0.2) is 0 Å². The molecule has 4 aromatic carbocycles. The Morgan fingerprint density at radius 2 is 1.46 bits per heavy atom. The largest absolute Gasteiger partial charge is 0.492 e. The number of nitrogens with one attached hydrogen (secondary N) is 4. The van der Waals surface area contributed by atoms with Gasteiger partial charge in [-0.15, -0.1) is 6.42 Å². The first-order valence-electron chi connectivity index (χ1n) is 22.1. The van der Waals surface area contributed by atoms with Crippen molar-refractivity contribution < 1.29 is 33.4 Å². The monoisotopic (exact) mass is 886 g/mol. The molecule has 5 rings (SSSR count). The van der Waals surface area contributed by atoms with E-state index in [-0.39, 0.29) is 52.2 Å². The van der Waals surface area contributed by atoms with Crippen molar-refractivity contribution in [3.8, 4) is 46.1 Å². The van der Waals surface area contributed by atoms with E-state index in [1.54, 1.807) is 42.5 Å². The summed E-state index contributed by atoms with van der Waals surface area (Å²) < 4.78 is 12.2. The normalized spacial score (nSPS) is 16.4. The van der Waals surface area contributed by atoms with Gasteiger partial charge in [-0.1, -0.05) is 67.8 Å². The summed E-state index contributed by atoms with van der Waals surface area (Å²) >= 11 is 0. The highest BCUT2D eigenvalue weighted by molar-refractivity contribution is 5.99. The number of terminal acetylenes is 1. The van der Waals surface area contributed by atoms with E-state index in [0.29, 0.717) is 45.7 Å². The zero-order valence-corrected chi connectivity index (χ0v) is 37.5. The van der Waals surface area contributed by atoms with Crippen LogP contribution < -0.4 is 47.9 Å². The van der Waals surface area contributed by atoms with Crippen molar-refractivity contribution in [3.63, 3.8) is 0 Å². The molecule has 4 bridgehead atoms. The van der Waals surface area contributed by atoms with E-state index < -0.39 is 53.7 Å². The van der Waals surface area contributed by atoms with Gasteiger partial charge in [0.05, 0.1) is 6.54 Å². The lowest BCUT2D eigenvalue weighted by Crippen LogP contribution is -2.56. The fourth-order valence-electron chi connectivity index (χ4n) is 7.60. The number of carbonyl (C=O) groups excluding carboxylic acids is 5. The summed E-state index contributed by atoms with van der Waals surface area (Å²) in [6.45, 7) is 4.57. The fraction of sp³-hybridized carbons (Fsp3) is 0.380. The van der Waals surface area contributed by atoms with Gasteiger partial charge in [-0.2, -0.15) is 0 Å². The third kappa shape index (κ3) is 13.2. The predicted molar refractivity (Wildman–Crippen MR) is 252 cm³/mol. The molecule has 15 heteroatoms. The number of carbonyl (C=O) groups is 5. The van der Waals surface area contributed by atoms with Crippen molar-refractivity contribution in [2.75, 3.05) is 46.4 Å². The van der Waals surface area contributed by atoms with Crippen molar-refractivity contribution in [3.05, 3.63) is 107 Å². The second-order valence-corrected chi connectivity index (χ2v) is 16.0. The molecule has 0 radical (unpaired) electrons. The van der Waals surface area contributed by atoms with Crippen LogP contribution in [0.3, 0.4) is 0 Å². The number of unbranched alkanes of at least 4 members (excludes halogenated alkanes) is 1. The van der Waals surface area contributed by atoms with Gasteiger partial charge in [0.2, 0.25) is 23.6 Å². The van der Waals surface area contributed by atoms with E-state index in [0.717, 1.165) is 30.4 Å². The number of hydrogen-bond donors (Lipinski definition) is 7. The first-order chi connectivity index (χ1) is 31.4. The molecule has 15 nitrogen and oxygen atoms in total. The fourth-order valence-corrected chi connectivity index (χ4v) is 7.60. The third-order valence-electron chi connectivity index (χ3n) is 11.1. The van der Waals surface area contributed by atoms with Crippen LogP contribution in [0.5, 0.6) is 11.5 Å². The summed E-state index contributed by atoms with van der Waals surface area (Å²) in [7, 11) is 1.46. The molecule has 1 heterocycles. The summed E-state index contributed by atoms with van der Waals surface area (Å²) in [5, 5.41) is 11.0. The zero-order chi connectivity index (χ0) is 46.9. The van der Waals surface area contributed by atoms with Crippen molar-refractivity contribution in [1.82, 2.24) is 26.2 Å². The number of benzene rings is 4. The number of fused-ring (bicyclic) bond motifs is 5. The molecule has 0 aliphatic carbocycles. The minimum atomic E-state index is -1.35. The average molecular weight is 887 g/mol. The first-order valence-corrected chi connectivity index (χ1v) is 22.1. The van der Waals surface area contributed by atoms with Crippen molar-refractivity contribution in [1.29, 1.82) is 0 Å². The number of nitrogens with two attached hydrogens (primary N) is 3. The molecule has 0 saturated heterocycles. The van der Waals surface area contributed by atoms with Crippen molar-refractivity contribution >= 4 is 29.5 Å². The Hall–Kier alpha value is -6.73. The molecule has 344 valence electrons. The smallest absolute Gasteiger partial charge is 0.251 e. The number of rotatable bonds is 19. The Morgan fingerprint density at radius 3 is 2.08 bits per heavy atom. The highest BCUT2D eigenvalue weighted by atomic mass is 16.5. The summed E-state index contributed by atoms with van der Waals surface area (Å²) in [6.07, 6.45) is 9.31. The lowest BCUT2D eigenvalue weighted by Gasteiger charge is -2.32. The summed E-state index contributed by atoms with van der Waals surface area (Å²) in [6, 6.07) is 21.2. The second kappa shape index (κ2) is 24.4. The van der Waals surface area contributed by atoms with E-state index in [1.165, 1.54) is 24.4 Å². The number of amides is 5. The zero-order valence-electron chi connectivity index (χ0n) is 37.5. The molecule has 5 amide bonds. The van der Waals surface area contributed by atoms with Gasteiger partial charge >= 0.3 is 0 Å². The van der Waals surface area contributed by atoms with Crippen molar-refractivity contribution in [2.24, 2.45) is 17.2 Å². The summed E-state index contributed by atoms with van der Waals surface area (Å²) in [4.78, 5) is 71.6. The van der Waals surface area contributed by atoms with Gasteiger partial charge in [0.25, 0.3) is 5.91 Å². The first kappa shape index (κ1) is 49.3. The molecule has 0 fully saturated rings. The predicted octanol–water partition coefficient (Wildman–Crippen LogP) is 3.37. The van der Waals surface area contributed by atoms with Crippen LogP contribution in [-0.4, -0.2) is 99.0 Å². The Morgan fingerprint density at radius 1 is 0.831 bits per heavy atom. The van der Waals surface area contributed by atoms with E-state index in [4.69, 9.17) is 33.1 Å². The van der Waals surface area contributed by atoms with Gasteiger partial charge in [-0.3, -0.25) is 24.0 Å².